The summed E-state index contributed by atoms with van der Waals surface area (Å²) >= 11 is 6.07. The molecule has 0 spiro atoms. The molecule has 94 valence electrons. The van der Waals surface area contributed by atoms with E-state index in [2.05, 4.69) is 15.3 Å². The van der Waals surface area contributed by atoms with E-state index >= 15 is 0 Å². The van der Waals surface area contributed by atoms with Gasteiger partial charge in [0.2, 0.25) is 0 Å². The number of carboxylic acid groups (broad SMARTS) is 1. The molecule has 0 aliphatic heterocycles. The van der Waals surface area contributed by atoms with Gasteiger partial charge < -0.3 is 10.4 Å². The fourth-order valence-electron chi connectivity index (χ4n) is 1.71. The maximum absolute atomic E-state index is 10.7. The van der Waals surface area contributed by atoms with E-state index in [-0.39, 0.29) is 0 Å². The molecule has 2 aromatic rings. The van der Waals surface area contributed by atoms with Crippen molar-refractivity contribution in [3.8, 4) is 0 Å². The van der Waals surface area contributed by atoms with Crippen LogP contribution in [0.2, 0.25) is 5.15 Å². The fraction of sp³-hybridized carbons (Fsp3) is 0.250. The van der Waals surface area contributed by atoms with Gasteiger partial charge >= 0.3 is 6.09 Å². The van der Waals surface area contributed by atoms with E-state index in [4.69, 9.17) is 16.7 Å². The first-order chi connectivity index (χ1) is 8.61. The van der Waals surface area contributed by atoms with E-state index in [1.54, 1.807) is 0 Å². The predicted octanol–water partition coefficient (Wildman–Crippen LogP) is 3.00. The van der Waals surface area contributed by atoms with Gasteiger partial charge in [0.05, 0.1) is 11.6 Å². The maximum atomic E-state index is 10.7. The summed E-state index contributed by atoms with van der Waals surface area (Å²) in [5.41, 5.74) is 0.707. The van der Waals surface area contributed by atoms with Gasteiger partial charge in [0.25, 0.3) is 0 Å². The number of amides is 1. The summed E-state index contributed by atoms with van der Waals surface area (Å²) in [7, 11) is 0. The molecule has 1 amide bonds. The minimum atomic E-state index is -1.10. The Morgan fingerprint density at radius 1 is 1.44 bits per heavy atom. The van der Waals surface area contributed by atoms with E-state index in [0.29, 0.717) is 22.9 Å². The Morgan fingerprint density at radius 3 is 2.83 bits per heavy atom. The fourth-order valence-corrected chi connectivity index (χ4v) is 1.96. The average Bonchev–Trinajstić information content (AvgIpc) is 2.35. The van der Waals surface area contributed by atoms with E-state index in [1.165, 1.54) is 0 Å². The van der Waals surface area contributed by atoms with Crippen LogP contribution in [0.1, 0.15) is 25.2 Å². The number of rotatable bonds is 3. The SMILES string of the molecule is CCC(NC(=O)O)c1nc(Cl)c2ccccc2n1. The number of benzene rings is 1. The van der Waals surface area contributed by atoms with Crippen LogP contribution < -0.4 is 5.32 Å². The largest absolute Gasteiger partial charge is 0.465 e. The van der Waals surface area contributed by atoms with E-state index in [0.717, 1.165) is 5.39 Å². The van der Waals surface area contributed by atoms with Crippen molar-refractivity contribution in [2.24, 2.45) is 0 Å². The summed E-state index contributed by atoms with van der Waals surface area (Å²) in [5.74, 6) is 0.392. The molecule has 0 saturated heterocycles. The lowest BCUT2D eigenvalue weighted by molar-refractivity contribution is 0.189. The van der Waals surface area contributed by atoms with E-state index < -0.39 is 12.1 Å². The Balaban J connectivity index is 2.47. The molecule has 5 nitrogen and oxygen atoms in total. The first-order valence-electron chi connectivity index (χ1n) is 5.53. The third-order valence-electron chi connectivity index (χ3n) is 2.59. The third kappa shape index (κ3) is 2.51. The summed E-state index contributed by atoms with van der Waals surface area (Å²) in [5, 5.41) is 12.2. The highest BCUT2D eigenvalue weighted by atomic mass is 35.5. The van der Waals surface area contributed by atoms with Gasteiger partial charge in [-0.05, 0) is 18.6 Å². The molecule has 0 aliphatic rings. The van der Waals surface area contributed by atoms with E-state index in [1.807, 2.05) is 31.2 Å². The lowest BCUT2D eigenvalue weighted by atomic mass is 10.2. The monoisotopic (exact) mass is 265 g/mol. The lowest BCUT2D eigenvalue weighted by Crippen LogP contribution is -2.27. The van der Waals surface area contributed by atoms with Crippen molar-refractivity contribution >= 4 is 28.6 Å². The van der Waals surface area contributed by atoms with Crippen LogP contribution in [0.5, 0.6) is 0 Å². The predicted molar refractivity (Wildman–Crippen MR) is 68.7 cm³/mol. The highest BCUT2D eigenvalue weighted by Crippen LogP contribution is 2.23. The Morgan fingerprint density at radius 2 is 2.17 bits per heavy atom. The van der Waals surface area contributed by atoms with Crippen LogP contribution in [0.3, 0.4) is 0 Å². The Kier molecular flexibility index (Phi) is 3.62. The minimum Gasteiger partial charge on any atom is -0.465 e. The molecule has 18 heavy (non-hydrogen) atoms. The van der Waals surface area contributed by atoms with Gasteiger partial charge in [-0.2, -0.15) is 0 Å². The van der Waals surface area contributed by atoms with Crippen LogP contribution in [0.15, 0.2) is 24.3 Å². The normalized spacial score (nSPS) is 12.3. The quantitative estimate of drug-likeness (QED) is 0.837. The highest BCUT2D eigenvalue weighted by molar-refractivity contribution is 6.34. The molecule has 6 heteroatoms. The second-order valence-corrected chi connectivity index (χ2v) is 4.16. The van der Waals surface area contributed by atoms with Crippen molar-refractivity contribution in [1.82, 2.24) is 15.3 Å². The first kappa shape index (κ1) is 12.6. The van der Waals surface area contributed by atoms with Crippen LogP contribution in [0, 0.1) is 0 Å². The number of fused-ring (bicyclic) bond motifs is 1. The molecule has 1 aromatic heterocycles. The molecule has 1 aromatic carbocycles. The lowest BCUT2D eigenvalue weighted by Gasteiger charge is -2.14. The van der Waals surface area contributed by atoms with Gasteiger partial charge in [0.15, 0.2) is 5.82 Å². The number of nitrogens with one attached hydrogen (secondary N) is 1. The molecule has 0 saturated carbocycles. The minimum absolute atomic E-state index is 0.334. The molecule has 2 N–H and O–H groups in total. The van der Waals surface area contributed by atoms with Gasteiger partial charge in [-0.15, -0.1) is 0 Å². The molecule has 0 radical (unpaired) electrons. The van der Waals surface area contributed by atoms with Crippen molar-refractivity contribution in [3.63, 3.8) is 0 Å². The molecule has 0 fully saturated rings. The number of aromatic nitrogens is 2. The zero-order valence-electron chi connectivity index (χ0n) is 9.72. The molecular weight excluding hydrogens is 254 g/mol. The molecule has 1 unspecified atom stereocenters. The van der Waals surface area contributed by atoms with Gasteiger partial charge in [-0.1, -0.05) is 30.7 Å². The zero-order valence-corrected chi connectivity index (χ0v) is 10.5. The first-order valence-corrected chi connectivity index (χ1v) is 5.91. The Bertz CT molecular complexity index is 589. The van der Waals surface area contributed by atoms with Crippen LogP contribution >= 0.6 is 11.6 Å². The molecule has 0 bridgehead atoms. The number of carbonyl (C=O) groups is 1. The molecule has 1 heterocycles. The van der Waals surface area contributed by atoms with Gasteiger partial charge in [-0.3, -0.25) is 0 Å². The number of hydrogen-bond donors (Lipinski definition) is 2. The van der Waals surface area contributed by atoms with E-state index in [9.17, 15) is 4.79 Å². The third-order valence-corrected chi connectivity index (χ3v) is 2.88. The van der Waals surface area contributed by atoms with Crippen LogP contribution in [-0.2, 0) is 0 Å². The molecular formula is C12H12ClN3O2. The van der Waals surface area contributed by atoms with Crippen molar-refractivity contribution in [2.45, 2.75) is 19.4 Å². The zero-order chi connectivity index (χ0) is 13.1. The average molecular weight is 266 g/mol. The Labute approximate surface area is 109 Å². The highest BCUT2D eigenvalue weighted by Gasteiger charge is 2.16. The molecule has 2 rings (SSSR count). The van der Waals surface area contributed by atoms with Crippen LogP contribution in [0.25, 0.3) is 10.9 Å². The summed E-state index contributed by atoms with van der Waals surface area (Å²) in [6, 6.07) is 6.89. The van der Waals surface area contributed by atoms with Crippen molar-refractivity contribution in [1.29, 1.82) is 0 Å². The van der Waals surface area contributed by atoms with Gasteiger partial charge in [0, 0.05) is 5.39 Å². The van der Waals surface area contributed by atoms with Gasteiger partial charge in [-0.25, -0.2) is 14.8 Å². The van der Waals surface area contributed by atoms with Crippen LogP contribution in [-0.4, -0.2) is 21.2 Å². The van der Waals surface area contributed by atoms with Crippen LogP contribution in [0.4, 0.5) is 4.79 Å². The summed E-state index contributed by atoms with van der Waals surface area (Å²) in [6.45, 7) is 1.85. The number of hydrogen-bond acceptors (Lipinski definition) is 3. The van der Waals surface area contributed by atoms with Crippen molar-refractivity contribution < 1.29 is 9.90 Å². The topological polar surface area (TPSA) is 75.1 Å². The number of para-hydroxylation sites is 1. The second kappa shape index (κ2) is 5.18. The number of halogens is 1. The summed E-state index contributed by atoms with van der Waals surface area (Å²) in [6.07, 6.45) is -0.546. The second-order valence-electron chi connectivity index (χ2n) is 3.80. The standard InChI is InChI=1S/C12H12ClN3O2/c1-2-8(15-12(17)18)11-14-9-6-4-3-5-7(9)10(13)16-11/h3-6,8,15H,2H2,1H3,(H,17,18). The maximum Gasteiger partial charge on any atom is 0.405 e. The van der Waals surface area contributed by atoms with Crippen molar-refractivity contribution in [3.05, 3.63) is 35.2 Å². The number of nitrogens with zero attached hydrogens (tertiary/aromatic N) is 2. The molecule has 0 aliphatic carbocycles. The smallest absolute Gasteiger partial charge is 0.405 e. The van der Waals surface area contributed by atoms with Crippen molar-refractivity contribution in [2.75, 3.05) is 0 Å². The molecule has 1 atom stereocenters. The summed E-state index contributed by atoms with van der Waals surface area (Å²) in [4.78, 5) is 19.2. The summed E-state index contributed by atoms with van der Waals surface area (Å²) < 4.78 is 0. The van der Waals surface area contributed by atoms with Gasteiger partial charge in [0.1, 0.15) is 5.15 Å². The Hall–Kier alpha value is -1.88.